The molecule has 0 radical (unpaired) electrons. The largest absolute Gasteiger partial charge is 0.472 e. The molecule has 0 heterocycles. The minimum Gasteiger partial charge on any atom is -0.462 e. The summed E-state index contributed by atoms with van der Waals surface area (Å²) >= 11 is 0. The zero-order valence-corrected chi connectivity index (χ0v) is 64.6. The standard InChI is InChI=1S/C81H140O17P2/c1-5-9-13-17-21-25-29-33-36-37-40-43-46-50-54-58-62-66-79(84)92-72-77(98-81(86)68-64-60-56-52-48-44-39-35-31-27-23-19-15-11-7-3)74-96-100(89,90)94-70-75(82)69-93-99(87,88)95-73-76(97-80(85)67-63-59-55-51-47-41-32-28-24-20-16-12-8-4)71-91-78(83)65-61-57-53-49-45-42-38-34-30-26-22-18-14-10-6-2/h9,13,21-23,25-28,32-36,38-40,43,75-77,82H,5-8,10-12,14-20,24,29-31,37,41-42,44-74H2,1-4H3,(H,87,88)(H,89,90)/b13-9-,25-21-,26-22-,27-23-,32-28-,36-33-,38-34-,39-35-,43-40-. The lowest BCUT2D eigenvalue weighted by molar-refractivity contribution is -0.161. The van der Waals surface area contributed by atoms with Gasteiger partial charge in [-0.1, -0.05) is 253 Å². The quantitative estimate of drug-likeness (QED) is 0.0169. The molecule has 100 heavy (non-hydrogen) atoms. The van der Waals surface area contributed by atoms with Crippen molar-refractivity contribution in [3.63, 3.8) is 0 Å². The Bertz CT molecular complexity index is 2320. The van der Waals surface area contributed by atoms with Crippen LogP contribution in [0.2, 0.25) is 0 Å². The van der Waals surface area contributed by atoms with E-state index in [1.807, 2.05) is 0 Å². The second-order valence-corrected chi connectivity index (χ2v) is 28.8. The van der Waals surface area contributed by atoms with Crippen LogP contribution in [0.25, 0.3) is 0 Å². The molecule has 0 bridgehead atoms. The van der Waals surface area contributed by atoms with Gasteiger partial charge in [-0.05, 0) is 154 Å². The first-order valence-corrected chi connectivity index (χ1v) is 42.1. The molecule has 0 saturated carbocycles. The molecule has 0 fully saturated rings. The van der Waals surface area contributed by atoms with Crippen molar-refractivity contribution in [2.75, 3.05) is 39.6 Å². The molecule has 0 aliphatic heterocycles. The third-order valence-corrected chi connectivity index (χ3v) is 18.1. The number of phosphoric acid groups is 2. The summed E-state index contributed by atoms with van der Waals surface area (Å²) in [5, 5.41) is 10.6. The molecule has 0 aromatic carbocycles. The summed E-state index contributed by atoms with van der Waals surface area (Å²) in [7, 11) is -9.97. The van der Waals surface area contributed by atoms with Crippen LogP contribution >= 0.6 is 15.6 Å². The van der Waals surface area contributed by atoms with Gasteiger partial charge in [-0.15, -0.1) is 0 Å². The Balaban J connectivity index is 5.39. The number of aliphatic hydroxyl groups excluding tert-OH is 1. The van der Waals surface area contributed by atoms with Crippen LogP contribution in [0.1, 0.15) is 323 Å². The normalized spacial score (nSPS) is 14.5. The molecule has 0 aromatic rings. The molecule has 0 spiro atoms. The second kappa shape index (κ2) is 73.0. The van der Waals surface area contributed by atoms with E-state index >= 15 is 0 Å². The Hall–Kier alpha value is -4.28. The topological polar surface area (TPSA) is 237 Å². The van der Waals surface area contributed by atoms with Gasteiger partial charge in [-0.25, -0.2) is 9.13 Å². The number of allylic oxidation sites excluding steroid dienone is 18. The molecule has 0 aromatic heterocycles. The number of carbonyl (C=O) groups excluding carboxylic acids is 4. The number of carbonyl (C=O) groups is 4. The fraction of sp³-hybridized carbons (Fsp3) is 0.728. The number of ether oxygens (including phenoxy) is 4. The van der Waals surface area contributed by atoms with E-state index in [0.717, 1.165) is 180 Å². The minimum absolute atomic E-state index is 0.0717. The number of hydrogen-bond acceptors (Lipinski definition) is 15. The van der Waals surface area contributed by atoms with Gasteiger partial charge in [0.1, 0.15) is 19.3 Å². The molecular weight excluding hydrogens is 1310 g/mol. The molecule has 576 valence electrons. The molecule has 3 N–H and O–H groups in total. The maximum Gasteiger partial charge on any atom is 0.472 e. The maximum absolute atomic E-state index is 13.1. The highest BCUT2D eigenvalue weighted by Crippen LogP contribution is 2.45. The van der Waals surface area contributed by atoms with Crippen LogP contribution in [0.15, 0.2) is 109 Å². The monoisotopic (exact) mass is 1450 g/mol. The molecule has 0 aliphatic carbocycles. The van der Waals surface area contributed by atoms with Crippen LogP contribution in [-0.4, -0.2) is 96.7 Å². The molecule has 0 saturated heterocycles. The van der Waals surface area contributed by atoms with Gasteiger partial charge in [0.15, 0.2) is 12.2 Å². The summed E-state index contributed by atoms with van der Waals surface area (Å²) in [5.41, 5.74) is 0. The van der Waals surface area contributed by atoms with Crippen LogP contribution in [-0.2, 0) is 65.4 Å². The van der Waals surface area contributed by atoms with Crippen LogP contribution in [0.5, 0.6) is 0 Å². The van der Waals surface area contributed by atoms with Crippen molar-refractivity contribution in [1.82, 2.24) is 0 Å². The Labute approximate surface area is 607 Å². The smallest absolute Gasteiger partial charge is 0.462 e. The highest BCUT2D eigenvalue weighted by molar-refractivity contribution is 7.47. The van der Waals surface area contributed by atoms with Crippen LogP contribution < -0.4 is 0 Å². The highest BCUT2D eigenvalue weighted by atomic mass is 31.2. The zero-order chi connectivity index (χ0) is 73.2. The summed E-state index contributed by atoms with van der Waals surface area (Å²) < 4.78 is 68.5. The minimum atomic E-state index is -4.99. The van der Waals surface area contributed by atoms with Gasteiger partial charge in [0.2, 0.25) is 0 Å². The molecular formula is C81H140O17P2. The summed E-state index contributed by atoms with van der Waals surface area (Å²) in [4.78, 5) is 72.9. The number of unbranched alkanes of at least 4 members (excludes halogenated alkanes) is 29. The van der Waals surface area contributed by atoms with E-state index in [9.17, 15) is 43.2 Å². The number of hydrogen-bond donors (Lipinski definition) is 3. The Morgan fingerprint density at radius 1 is 0.290 bits per heavy atom. The van der Waals surface area contributed by atoms with Crippen molar-refractivity contribution in [2.45, 2.75) is 341 Å². The lowest BCUT2D eigenvalue weighted by Gasteiger charge is -2.21. The molecule has 19 heteroatoms. The van der Waals surface area contributed by atoms with Crippen LogP contribution in [0, 0.1) is 0 Å². The number of aliphatic hydroxyl groups is 1. The predicted octanol–water partition coefficient (Wildman–Crippen LogP) is 22.6. The average molecular weight is 1450 g/mol. The molecule has 0 rings (SSSR count). The van der Waals surface area contributed by atoms with Crippen molar-refractivity contribution in [2.24, 2.45) is 0 Å². The van der Waals surface area contributed by atoms with Gasteiger partial charge in [-0.3, -0.25) is 37.3 Å². The SMILES string of the molecule is CC/C=C\C/C=C\C/C=C\C/C=C\CCCCCCC(=O)OCC(COP(=O)(O)OCC(O)COP(=O)(O)OCC(COC(=O)CCCCCCC/C=C\C/C=C\CCCCC)OC(=O)CCCCCCC/C=C\CCCCCC)OC(=O)CCCCCCC/C=C\C/C=C\CCCCC. The van der Waals surface area contributed by atoms with E-state index in [-0.39, 0.29) is 25.7 Å². The highest BCUT2D eigenvalue weighted by Gasteiger charge is 2.30. The average Bonchev–Trinajstić information content (AvgIpc) is 1.06. The van der Waals surface area contributed by atoms with E-state index < -0.39 is 97.5 Å². The summed E-state index contributed by atoms with van der Waals surface area (Å²) in [6, 6.07) is 0. The first-order chi connectivity index (χ1) is 48.7. The molecule has 0 aliphatic rings. The van der Waals surface area contributed by atoms with E-state index in [1.54, 1.807) is 0 Å². The lowest BCUT2D eigenvalue weighted by Crippen LogP contribution is -2.30. The predicted molar refractivity (Wildman–Crippen MR) is 408 cm³/mol. The van der Waals surface area contributed by atoms with Gasteiger partial charge < -0.3 is 33.8 Å². The number of phosphoric ester groups is 2. The van der Waals surface area contributed by atoms with Gasteiger partial charge in [0.05, 0.1) is 26.4 Å². The Morgan fingerprint density at radius 2 is 0.520 bits per heavy atom. The van der Waals surface area contributed by atoms with Gasteiger partial charge >= 0.3 is 39.5 Å². The molecule has 0 amide bonds. The van der Waals surface area contributed by atoms with Crippen LogP contribution in [0.4, 0.5) is 0 Å². The molecule has 5 atom stereocenters. The first kappa shape index (κ1) is 95.7. The lowest BCUT2D eigenvalue weighted by atomic mass is 10.1. The third kappa shape index (κ3) is 72.1. The van der Waals surface area contributed by atoms with E-state index in [4.69, 9.17) is 37.0 Å². The third-order valence-electron chi connectivity index (χ3n) is 16.2. The fourth-order valence-electron chi connectivity index (χ4n) is 10.2. The van der Waals surface area contributed by atoms with Crippen molar-refractivity contribution >= 4 is 39.5 Å². The number of rotatable bonds is 73. The summed E-state index contributed by atoms with van der Waals surface area (Å²) in [6.45, 7) is 4.64. The van der Waals surface area contributed by atoms with E-state index in [1.165, 1.54) is 64.2 Å². The van der Waals surface area contributed by atoms with Crippen molar-refractivity contribution < 1.29 is 80.2 Å². The van der Waals surface area contributed by atoms with E-state index in [2.05, 4.69) is 137 Å². The maximum atomic E-state index is 13.1. The van der Waals surface area contributed by atoms with Crippen molar-refractivity contribution in [3.05, 3.63) is 109 Å². The van der Waals surface area contributed by atoms with Gasteiger partial charge in [0.25, 0.3) is 0 Å². The van der Waals surface area contributed by atoms with Crippen LogP contribution in [0.3, 0.4) is 0 Å². The summed E-state index contributed by atoms with van der Waals surface area (Å²) in [6.07, 6.45) is 77.8. The number of esters is 4. The van der Waals surface area contributed by atoms with Crippen molar-refractivity contribution in [3.8, 4) is 0 Å². The van der Waals surface area contributed by atoms with Gasteiger partial charge in [0, 0.05) is 25.7 Å². The first-order valence-electron chi connectivity index (χ1n) is 39.1. The Kier molecular flexibility index (Phi) is 69.9. The molecule has 5 unspecified atom stereocenters. The van der Waals surface area contributed by atoms with E-state index in [0.29, 0.717) is 25.7 Å². The fourth-order valence-corrected chi connectivity index (χ4v) is 11.8. The Morgan fingerprint density at radius 3 is 0.830 bits per heavy atom. The molecule has 17 nitrogen and oxygen atoms in total. The second-order valence-electron chi connectivity index (χ2n) is 25.9. The van der Waals surface area contributed by atoms with Crippen molar-refractivity contribution in [1.29, 1.82) is 0 Å². The summed E-state index contributed by atoms with van der Waals surface area (Å²) in [5.74, 6) is -2.23. The van der Waals surface area contributed by atoms with Gasteiger partial charge in [-0.2, -0.15) is 0 Å². The zero-order valence-electron chi connectivity index (χ0n) is 62.8.